The van der Waals surface area contributed by atoms with Crippen LogP contribution in [0.5, 0.6) is 0 Å². The fraction of sp³-hybridized carbons (Fsp3) is 0.143. The molecule has 24 heavy (non-hydrogen) atoms. The van der Waals surface area contributed by atoms with Crippen LogP contribution in [0, 0.1) is 0 Å². The van der Waals surface area contributed by atoms with E-state index in [4.69, 9.17) is 27.9 Å². The van der Waals surface area contributed by atoms with Gasteiger partial charge < -0.3 is 4.74 Å². The van der Waals surface area contributed by atoms with Crippen molar-refractivity contribution >= 4 is 56.3 Å². The molecule has 0 radical (unpaired) electrons. The summed E-state index contributed by atoms with van der Waals surface area (Å²) in [6.45, 7) is -1.10. The summed E-state index contributed by atoms with van der Waals surface area (Å²) in [5, 5.41) is 1.87. The van der Waals surface area contributed by atoms with Crippen LogP contribution < -0.4 is 4.72 Å². The molecule has 0 amide bonds. The highest BCUT2D eigenvalue weighted by atomic mass is 35.5. The Morgan fingerprint density at radius 2 is 1.96 bits per heavy atom. The molecule has 6 nitrogen and oxygen atoms in total. The zero-order valence-electron chi connectivity index (χ0n) is 12.0. The summed E-state index contributed by atoms with van der Waals surface area (Å²) < 4.78 is 31.0. The molecule has 0 saturated heterocycles. The van der Waals surface area contributed by atoms with Crippen molar-refractivity contribution in [3.63, 3.8) is 0 Å². The van der Waals surface area contributed by atoms with E-state index in [0.29, 0.717) is 4.88 Å². The summed E-state index contributed by atoms with van der Waals surface area (Å²) in [5.74, 6) is -1.25. The first kappa shape index (κ1) is 18.9. The maximum absolute atomic E-state index is 12.1. The van der Waals surface area contributed by atoms with Gasteiger partial charge in [0.25, 0.3) is 0 Å². The number of ether oxygens (including phenoxy) is 1. The van der Waals surface area contributed by atoms with Crippen LogP contribution in [0.2, 0.25) is 10.0 Å². The number of thiophene rings is 1. The highest BCUT2D eigenvalue weighted by Gasteiger charge is 2.20. The van der Waals surface area contributed by atoms with E-state index in [1.165, 1.54) is 23.5 Å². The molecule has 0 aliphatic carbocycles. The maximum Gasteiger partial charge on any atom is 0.321 e. The van der Waals surface area contributed by atoms with Gasteiger partial charge in [0.1, 0.15) is 11.4 Å². The average Bonchev–Trinajstić information content (AvgIpc) is 3.07. The van der Waals surface area contributed by atoms with Gasteiger partial charge in [-0.15, -0.1) is 11.3 Å². The molecule has 1 N–H and O–H groups in total. The van der Waals surface area contributed by atoms with Gasteiger partial charge in [0.05, 0.1) is 9.90 Å². The van der Waals surface area contributed by atoms with Crippen molar-refractivity contribution in [2.24, 2.45) is 0 Å². The van der Waals surface area contributed by atoms with Crippen molar-refractivity contribution in [2.45, 2.75) is 4.90 Å². The van der Waals surface area contributed by atoms with Crippen LogP contribution in [0.25, 0.3) is 0 Å². The van der Waals surface area contributed by atoms with Crippen molar-refractivity contribution < 1.29 is 22.7 Å². The van der Waals surface area contributed by atoms with Crippen LogP contribution in [0.15, 0.2) is 40.6 Å². The first-order chi connectivity index (χ1) is 11.3. The van der Waals surface area contributed by atoms with Gasteiger partial charge in [0.15, 0.2) is 6.61 Å². The Kier molecular flexibility index (Phi) is 6.36. The van der Waals surface area contributed by atoms with Crippen molar-refractivity contribution in [3.05, 3.63) is 50.6 Å². The Balaban J connectivity index is 1.91. The molecule has 2 rings (SSSR count). The summed E-state index contributed by atoms with van der Waals surface area (Å²) in [4.78, 5) is 23.5. The van der Waals surface area contributed by atoms with E-state index in [2.05, 4.69) is 0 Å². The molecule has 2 aromatic rings. The number of Topliss-reactive ketones (excluding diaryl/α,β-unsaturated/α-hetero) is 1. The van der Waals surface area contributed by atoms with Gasteiger partial charge in [-0.1, -0.05) is 29.3 Å². The van der Waals surface area contributed by atoms with E-state index >= 15 is 0 Å². The standard InChI is InChI=1S/C14H11Cl2NO5S2/c15-9-3-4-10(16)13(6-9)24(20,21)17-7-14(19)22-8-11(18)12-2-1-5-23-12/h1-6,17H,7-8H2. The lowest BCUT2D eigenvalue weighted by Gasteiger charge is -2.08. The SMILES string of the molecule is O=C(CNS(=O)(=O)c1cc(Cl)ccc1Cl)OCC(=O)c1cccs1. The summed E-state index contributed by atoms with van der Waals surface area (Å²) in [6.07, 6.45) is 0. The smallest absolute Gasteiger partial charge is 0.321 e. The van der Waals surface area contributed by atoms with E-state index in [1.54, 1.807) is 17.5 Å². The van der Waals surface area contributed by atoms with Crippen LogP contribution in [0.3, 0.4) is 0 Å². The minimum atomic E-state index is -4.04. The van der Waals surface area contributed by atoms with Crippen molar-refractivity contribution in [1.29, 1.82) is 0 Å². The number of esters is 1. The van der Waals surface area contributed by atoms with Gasteiger partial charge in [0, 0.05) is 5.02 Å². The quantitative estimate of drug-likeness (QED) is 0.562. The molecular weight excluding hydrogens is 397 g/mol. The van der Waals surface area contributed by atoms with Crippen LogP contribution in [-0.2, 0) is 19.6 Å². The van der Waals surface area contributed by atoms with Gasteiger partial charge in [0.2, 0.25) is 15.8 Å². The second kappa shape index (κ2) is 8.09. The molecule has 1 aromatic carbocycles. The third kappa shape index (κ3) is 5.02. The van der Waals surface area contributed by atoms with Crippen LogP contribution in [0.1, 0.15) is 9.67 Å². The number of rotatable bonds is 7. The summed E-state index contributed by atoms with van der Waals surface area (Å²) >= 11 is 12.8. The van der Waals surface area contributed by atoms with Gasteiger partial charge in [-0.2, -0.15) is 4.72 Å². The molecule has 0 unspecified atom stereocenters. The van der Waals surface area contributed by atoms with E-state index in [-0.39, 0.29) is 20.7 Å². The lowest BCUT2D eigenvalue weighted by atomic mass is 10.3. The first-order valence-electron chi connectivity index (χ1n) is 6.46. The molecule has 0 bridgehead atoms. The second-order valence-electron chi connectivity index (χ2n) is 4.46. The molecule has 1 heterocycles. The Labute approximate surface area is 152 Å². The number of ketones is 1. The average molecular weight is 408 g/mol. The molecule has 10 heteroatoms. The molecule has 0 saturated carbocycles. The van der Waals surface area contributed by atoms with Crippen LogP contribution in [-0.4, -0.2) is 33.3 Å². The number of nitrogens with one attached hydrogen (secondary N) is 1. The normalized spacial score (nSPS) is 11.2. The number of hydrogen-bond donors (Lipinski definition) is 1. The lowest BCUT2D eigenvalue weighted by molar-refractivity contribution is -0.141. The van der Waals surface area contributed by atoms with Crippen LogP contribution >= 0.6 is 34.5 Å². The summed E-state index contributed by atoms with van der Waals surface area (Å²) in [7, 11) is -4.04. The molecule has 1 aromatic heterocycles. The van der Waals surface area contributed by atoms with Gasteiger partial charge in [-0.05, 0) is 29.6 Å². The van der Waals surface area contributed by atoms with Crippen LogP contribution in [0.4, 0.5) is 0 Å². The second-order valence-corrected chi connectivity index (χ2v) is 7.99. The summed E-state index contributed by atoms with van der Waals surface area (Å²) in [6, 6.07) is 7.23. The number of hydrogen-bond acceptors (Lipinski definition) is 6. The molecule has 0 fully saturated rings. The highest BCUT2D eigenvalue weighted by Crippen LogP contribution is 2.24. The third-order valence-electron chi connectivity index (χ3n) is 2.75. The minimum absolute atomic E-state index is 0.0341. The Morgan fingerprint density at radius 1 is 1.21 bits per heavy atom. The fourth-order valence-electron chi connectivity index (χ4n) is 1.62. The van der Waals surface area contributed by atoms with Crippen molar-refractivity contribution in [2.75, 3.05) is 13.2 Å². The number of carbonyl (C=O) groups is 2. The zero-order chi connectivity index (χ0) is 17.7. The number of carbonyl (C=O) groups excluding carboxylic acids is 2. The largest absolute Gasteiger partial charge is 0.456 e. The number of halogens is 2. The van der Waals surface area contributed by atoms with Gasteiger partial charge >= 0.3 is 5.97 Å². The monoisotopic (exact) mass is 407 g/mol. The van der Waals surface area contributed by atoms with Crippen molar-refractivity contribution in [1.82, 2.24) is 4.72 Å². The van der Waals surface area contributed by atoms with E-state index in [0.717, 1.165) is 6.07 Å². The third-order valence-corrected chi connectivity index (χ3v) is 5.78. The molecular formula is C14H11Cl2NO5S2. The van der Waals surface area contributed by atoms with E-state index in [1.807, 2.05) is 4.72 Å². The molecule has 0 atom stereocenters. The van der Waals surface area contributed by atoms with Gasteiger partial charge in [-0.3, -0.25) is 9.59 Å². The van der Waals surface area contributed by atoms with Gasteiger partial charge in [-0.25, -0.2) is 8.42 Å². The fourth-order valence-corrected chi connectivity index (χ4v) is 4.00. The van der Waals surface area contributed by atoms with E-state index < -0.39 is 29.1 Å². The molecule has 0 spiro atoms. The lowest BCUT2D eigenvalue weighted by Crippen LogP contribution is -2.31. The Bertz CT molecular complexity index is 850. The Morgan fingerprint density at radius 3 is 2.62 bits per heavy atom. The van der Waals surface area contributed by atoms with E-state index in [9.17, 15) is 18.0 Å². The summed E-state index contributed by atoms with van der Waals surface area (Å²) in [5.41, 5.74) is 0. The highest BCUT2D eigenvalue weighted by molar-refractivity contribution is 7.89. The van der Waals surface area contributed by atoms with Crippen molar-refractivity contribution in [3.8, 4) is 0 Å². The zero-order valence-corrected chi connectivity index (χ0v) is 15.1. The predicted molar refractivity (Wildman–Crippen MR) is 91.3 cm³/mol. The molecule has 0 aliphatic heterocycles. The Hall–Kier alpha value is -1.45. The molecule has 128 valence electrons. The maximum atomic E-state index is 12.1. The molecule has 0 aliphatic rings. The number of benzene rings is 1. The first-order valence-corrected chi connectivity index (χ1v) is 9.58. The minimum Gasteiger partial charge on any atom is -0.456 e. The number of sulfonamides is 1. The predicted octanol–water partition coefficient (Wildman–Crippen LogP) is 2.76. The topological polar surface area (TPSA) is 89.5 Å².